The zero-order valence-electron chi connectivity index (χ0n) is 38.9. The molecule has 3 aliphatic carbocycles. The molecule has 0 heterocycles. The van der Waals surface area contributed by atoms with Crippen LogP contribution in [0.4, 0.5) is 17.1 Å². The number of hydrogen-bond acceptors (Lipinski definition) is 1. The van der Waals surface area contributed by atoms with Gasteiger partial charge in [0, 0.05) is 22.9 Å². The molecule has 0 amide bonds. The van der Waals surface area contributed by atoms with E-state index in [1.54, 1.807) is 0 Å². The van der Waals surface area contributed by atoms with Gasteiger partial charge in [0.05, 0.1) is 11.1 Å². The lowest BCUT2D eigenvalue weighted by atomic mass is 9.67. The van der Waals surface area contributed by atoms with Crippen molar-refractivity contribution in [2.24, 2.45) is 5.92 Å². The quantitative estimate of drug-likeness (QED) is 0.147. The van der Waals surface area contributed by atoms with Gasteiger partial charge in [0.2, 0.25) is 0 Å². The zero-order chi connectivity index (χ0) is 46.1. The van der Waals surface area contributed by atoms with Crippen LogP contribution in [0.1, 0.15) is 53.1 Å². The van der Waals surface area contributed by atoms with E-state index in [0.717, 1.165) is 17.1 Å². The summed E-state index contributed by atoms with van der Waals surface area (Å²) in [5.74, 6) is 0.848. The van der Waals surface area contributed by atoms with Gasteiger partial charge in [0.25, 0.3) is 0 Å². The molecule has 2 atom stereocenters. The van der Waals surface area contributed by atoms with Crippen LogP contribution >= 0.6 is 0 Å². The summed E-state index contributed by atoms with van der Waals surface area (Å²) in [6.07, 6.45) is 9.27. The summed E-state index contributed by atoms with van der Waals surface area (Å²) in [4.78, 5) is 2.48. The molecule has 0 aliphatic heterocycles. The van der Waals surface area contributed by atoms with Crippen molar-refractivity contribution in [2.75, 3.05) is 4.90 Å². The van der Waals surface area contributed by atoms with Crippen LogP contribution in [0.3, 0.4) is 0 Å². The van der Waals surface area contributed by atoms with Gasteiger partial charge in [-0.3, -0.25) is 0 Å². The minimum Gasteiger partial charge on any atom is -0.310 e. The van der Waals surface area contributed by atoms with Crippen molar-refractivity contribution in [3.05, 3.63) is 294 Å². The minimum absolute atomic E-state index is 0.0741. The third-order valence-corrected chi connectivity index (χ3v) is 15.6. The normalized spacial score (nSPS) is 16.7. The summed E-state index contributed by atoms with van der Waals surface area (Å²) in [7, 11) is 0. The van der Waals surface area contributed by atoms with Crippen LogP contribution in [-0.2, 0) is 10.8 Å². The molecule has 0 aromatic heterocycles. The smallest absolute Gasteiger partial charge is 0.0713 e. The second kappa shape index (κ2) is 16.2. The van der Waals surface area contributed by atoms with Crippen molar-refractivity contribution < 1.29 is 0 Å². The van der Waals surface area contributed by atoms with E-state index in [-0.39, 0.29) is 5.41 Å². The van der Waals surface area contributed by atoms with Crippen LogP contribution in [0.25, 0.3) is 55.3 Å². The molecule has 1 nitrogen and oxygen atoms in total. The van der Waals surface area contributed by atoms with E-state index in [4.69, 9.17) is 0 Å². The van der Waals surface area contributed by atoms with Crippen molar-refractivity contribution in [2.45, 2.75) is 30.6 Å². The summed E-state index contributed by atoms with van der Waals surface area (Å²) >= 11 is 0. The van der Waals surface area contributed by atoms with E-state index < -0.39 is 5.41 Å². The average Bonchev–Trinajstić information content (AvgIpc) is 3.85. The van der Waals surface area contributed by atoms with Gasteiger partial charge in [-0.2, -0.15) is 0 Å². The standard InChI is InChI=1S/C68H51N/c1-67(2)60-33-16-14-30-57(60)59-45-50(38-42-61(59)67)49-23-18-28-54(44-49)69(64-43-39-46-20-12-13-29-55(46)65(64)48-21-6-3-7-22-48)53-40-36-47(37-41-53)56-32-19-35-63-66(56)58-31-15-17-34-62(58)68(63,51-24-8-4-9-25-51)52-26-10-5-11-27-52/h3-45,57,60H,1-2H3. The monoisotopic (exact) mass is 881 g/mol. The molecule has 328 valence electrons. The summed E-state index contributed by atoms with van der Waals surface area (Å²) in [5, 5.41) is 2.44. The Kier molecular flexibility index (Phi) is 9.63. The largest absolute Gasteiger partial charge is 0.310 e. The summed E-state index contributed by atoms with van der Waals surface area (Å²) in [6.45, 7) is 4.81. The van der Waals surface area contributed by atoms with E-state index in [9.17, 15) is 0 Å². The van der Waals surface area contributed by atoms with Crippen molar-refractivity contribution in [3.63, 3.8) is 0 Å². The SMILES string of the molecule is CC1(C)c2ccc(-c3cccc(N(c4ccc(-c5cccc6c5-c5ccccc5C6(c5ccccc5)c5ccccc5)cc4)c4ccc5ccccc5c4-c4ccccc4)c3)cc2C2C=CC=CC21. The third kappa shape index (κ3) is 6.38. The number of allylic oxidation sites excluding steroid dienone is 4. The van der Waals surface area contributed by atoms with Gasteiger partial charge in [0.15, 0.2) is 0 Å². The zero-order valence-corrected chi connectivity index (χ0v) is 38.9. The topological polar surface area (TPSA) is 3.24 Å². The van der Waals surface area contributed by atoms with Crippen molar-refractivity contribution in [3.8, 4) is 44.5 Å². The molecule has 0 fully saturated rings. The number of hydrogen-bond donors (Lipinski definition) is 0. The van der Waals surface area contributed by atoms with E-state index in [2.05, 4.69) is 280 Å². The van der Waals surface area contributed by atoms with Gasteiger partial charge >= 0.3 is 0 Å². The molecule has 0 N–H and O–H groups in total. The van der Waals surface area contributed by atoms with Crippen LogP contribution in [-0.4, -0.2) is 0 Å². The van der Waals surface area contributed by atoms with E-state index >= 15 is 0 Å². The van der Waals surface area contributed by atoms with Crippen LogP contribution in [0.2, 0.25) is 0 Å². The lowest BCUT2D eigenvalue weighted by Crippen LogP contribution is -2.28. The molecule has 69 heavy (non-hydrogen) atoms. The Morgan fingerprint density at radius 2 is 1.00 bits per heavy atom. The molecular weight excluding hydrogens is 831 g/mol. The van der Waals surface area contributed by atoms with Gasteiger partial charge in [-0.1, -0.05) is 244 Å². The maximum atomic E-state index is 2.48. The predicted molar refractivity (Wildman–Crippen MR) is 290 cm³/mol. The fourth-order valence-corrected chi connectivity index (χ4v) is 12.5. The Morgan fingerprint density at radius 1 is 0.391 bits per heavy atom. The number of fused-ring (bicyclic) bond motifs is 7. The van der Waals surface area contributed by atoms with Crippen molar-refractivity contribution in [1.82, 2.24) is 0 Å². The molecule has 3 aliphatic rings. The number of rotatable bonds is 8. The Bertz CT molecular complexity index is 3600. The Labute approximate surface area is 406 Å². The molecule has 0 spiro atoms. The second-order valence-electron chi connectivity index (χ2n) is 19.6. The molecule has 0 bridgehead atoms. The van der Waals surface area contributed by atoms with Gasteiger partial charge in [-0.25, -0.2) is 0 Å². The Hall–Kier alpha value is -8.26. The van der Waals surface area contributed by atoms with Crippen LogP contribution in [0.5, 0.6) is 0 Å². The van der Waals surface area contributed by atoms with Gasteiger partial charge in [-0.05, 0) is 125 Å². The maximum absolute atomic E-state index is 2.48. The maximum Gasteiger partial charge on any atom is 0.0713 e. The summed E-state index contributed by atoms with van der Waals surface area (Å²) < 4.78 is 0. The molecule has 10 aromatic carbocycles. The lowest BCUT2D eigenvalue weighted by Gasteiger charge is -2.34. The van der Waals surface area contributed by atoms with E-state index in [1.165, 1.54) is 88.7 Å². The van der Waals surface area contributed by atoms with Crippen molar-refractivity contribution in [1.29, 1.82) is 0 Å². The summed E-state index contributed by atoms with van der Waals surface area (Å²) in [6, 6.07) is 88.1. The molecular formula is C68H51N. The first-order valence-electron chi connectivity index (χ1n) is 24.4. The van der Waals surface area contributed by atoms with Gasteiger partial charge in [0.1, 0.15) is 0 Å². The molecule has 2 unspecified atom stereocenters. The minimum atomic E-state index is -0.461. The van der Waals surface area contributed by atoms with Gasteiger partial charge < -0.3 is 4.90 Å². The molecule has 10 aromatic rings. The van der Waals surface area contributed by atoms with Crippen LogP contribution in [0, 0.1) is 5.92 Å². The van der Waals surface area contributed by atoms with E-state index in [1.807, 2.05) is 0 Å². The first-order chi connectivity index (χ1) is 34.0. The highest BCUT2D eigenvalue weighted by molar-refractivity contribution is 6.05. The number of nitrogens with zero attached hydrogens (tertiary/aromatic N) is 1. The highest BCUT2D eigenvalue weighted by atomic mass is 15.1. The average molecular weight is 882 g/mol. The van der Waals surface area contributed by atoms with Crippen LogP contribution in [0.15, 0.2) is 261 Å². The molecule has 0 radical (unpaired) electrons. The molecule has 0 saturated carbocycles. The predicted octanol–water partition coefficient (Wildman–Crippen LogP) is 17.8. The lowest BCUT2D eigenvalue weighted by molar-refractivity contribution is 0.394. The highest BCUT2D eigenvalue weighted by Crippen LogP contribution is 2.59. The Morgan fingerprint density at radius 3 is 1.78 bits per heavy atom. The Balaban J connectivity index is 0.984. The first-order valence-corrected chi connectivity index (χ1v) is 24.4. The van der Waals surface area contributed by atoms with Crippen molar-refractivity contribution >= 4 is 27.8 Å². The molecule has 1 heteroatoms. The van der Waals surface area contributed by atoms with Gasteiger partial charge in [-0.15, -0.1) is 0 Å². The number of anilines is 3. The fourth-order valence-electron chi connectivity index (χ4n) is 12.5. The van der Waals surface area contributed by atoms with Crippen LogP contribution < -0.4 is 4.90 Å². The van der Waals surface area contributed by atoms with E-state index in [0.29, 0.717) is 11.8 Å². The second-order valence-corrected chi connectivity index (χ2v) is 19.6. The molecule has 13 rings (SSSR count). The third-order valence-electron chi connectivity index (χ3n) is 15.6. The first kappa shape index (κ1) is 41.0. The highest BCUT2D eigenvalue weighted by Gasteiger charge is 2.47. The fraction of sp³-hybridized carbons (Fsp3) is 0.0882. The summed E-state index contributed by atoms with van der Waals surface area (Å²) in [5.41, 5.74) is 20.9. The number of benzene rings is 10. The molecule has 0 saturated heterocycles.